The maximum Gasteiger partial charge on any atom is 0.254 e. The number of aromatic nitrogens is 1. The van der Waals surface area contributed by atoms with Crippen LogP contribution >= 0.6 is 0 Å². The third-order valence-corrected chi connectivity index (χ3v) is 6.71. The van der Waals surface area contributed by atoms with Crippen molar-refractivity contribution in [3.8, 4) is 16.9 Å². The van der Waals surface area contributed by atoms with Gasteiger partial charge in [-0.05, 0) is 78.3 Å². The first-order chi connectivity index (χ1) is 16.1. The van der Waals surface area contributed by atoms with Gasteiger partial charge in [-0.15, -0.1) is 0 Å². The van der Waals surface area contributed by atoms with Crippen molar-refractivity contribution < 1.29 is 9.53 Å². The Morgan fingerprint density at radius 2 is 1.88 bits per heavy atom. The maximum atomic E-state index is 13.4. The fraction of sp³-hybridized carbons (Fsp3) is 0.241. The lowest BCUT2D eigenvalue weighted by Gasteiger charge is -2.19. The lowest BCUT2D eigenvalue weighted by molar-refractivity contribution is 0.0786. The van der Waals surface area contributed by atoms with Crippen molar-refractivity contribution in [2.75, 3.05) is 20.2 Å². The summed E-state index contributed by atoms with van der Waals surface area (Å²) >= 11 is 0. The predicted molar refractivity (Wildman–Crippen MR) is 133 cm³/mol. The van der Waals surface area contributed by atoms with E-state index in [2.05, 4.69) is 23.2 Å². The highest BCUT2D eigenvalue weighted by Gasteiger charge is 2.28. The second-order valence-electron chi connectivity index (χ2n) is 8.85. The minimum Gasteiger partial charge on any atom is -0.497 e. The standard InChI is InChI=1S/C29H28N2O2/c1-20-26(23-10-12-25(33-2)13-11-23)7-5-8-27(20)29(32)31-15-14-21(19-31)16-22-17-24-6-3-4-9-28(24)30-18-22/h3-13,17-18,21H,14-16,19H2,1-2H3/t21-/m0/s1. The first kappa shape index (κ1) is 21.2. The van der Waals surface area contributed by atoms with E-state index in [1.807, 2.05) is 72.6 Å². The summed E-state index contributed by atoms with van der Waals surface area (Å²) in [5.41, 5.74) is 6.25. The van der Waals surface area contributed by atoms with Crippen molar-refractivity contribution in [1.82, 2.24) is 9.88 Å². The zero-order valence-electron chi connectivity index (χ0n) is 19.1. The number of methoxy groups -OCH3 is 1. The number of likely N-dealkylation sites (tertiary alicyclic amines) is 1. The molecule has 0 N–H and O–H groups in total. The Bertz CT molecular complexity index is 1300. The summed E-state index contributed by atoms with van der Waals surface area (Å²) in [5, 5.41) is 1.17. The number of hydrogen-bond donors (Lipinski definition) is 0. The van der Waals surface area contributed by atoms with Gasteiger partial charge < -0.3 is 9.64 Å². The first-order valence-corrected chi connectivity index (χ1v) is 11.5. The van der Waals surface area contributed by atoms with Gasteiger partial charge in [0.1, 0.15) is 5.75 Å². The van der Waals surface area contributed by atoms with Gasteiger partial charge in [-0.2, -0.15) is 0 Å². The van der Waals surface area contributed by atoms with Crippen LogP contribution in [-0.2, 0) is 6.42 Å². The normalized spacial score (nSPS) is 15.7. The van der Waals surface area contributed by atoms with E-state index in [4.69, 9.17) is 4.74 Å². The molecular weight excluding hydrogens is 408 g/mol. The zero-order chi connectivity index (χ0) is 22.8. The van der Waals surface area contributed by atoms with Gasteiger partial charge in [0.15, 0.2) is 0 Å². The van der Waals surface area contributed by atoms with E-state index in [1.54, 1.807) is 7.11 Å². The molecular formula is C29H28N2O2. The summed E-state index contributed by atoms with van der Waals surface area (Å²) in [4.78, 5) is 20.0. The van der Waals surface area contributed by atoms with Crippen LogP contribution in [0.5, 0.6) is 5.75 Å². The molecule has 4 aromatic rings. The molecule has 0 unspecified atom stereocenters. The second kappa shape index (κ2) is 9.07. The quantitative estimate of drug-likeness (QED) is 0.390. The molecule has 166 valence electrons. The predicted octanol–water partition coefficient (Wildman–Crippen LogP) is 5.92. The molecule has 4 nitrogen and oxygen atoms in total. The number of carbonyl (C=O) groups is 1. The molecule has 1 aliphatic rings. The van der Waals surface area contributed by atoms with Crippen LogP contribution in [0.25, 0.3) is 22.0 Å². The van der Waals surface area contributed by atoms with Gasteiger partial charge in [-0.3, -0.25) is 9.78 Å². The molecule has 33 heavy (non-hydrogen) atoms. The molecule has 2 heterocycles. The van der Waals surface area contributed by atoms with Gasteiger partial charge in [-0.25, -0.2) is 0 Å². The molecule has 0 spiro atoms. The van der Waals surface area contributed by atoms with Crippen LogP contribution in [0.1, 0.15) is 27.9 Å². The number of amides is 1. The van der Waals surface area contributed by atoms with Crippen LogP contribution in [0.3, 0.4) is 0 Å². The average molecular weight is 437 g/mol. The van der Waals surface area contributed by atoms with E-state index in [1.165, 1.54) is 10.9 Å². The van der Waals surface area contributed by atoms with Crippen LogP contribution in [0, 0.1) is 12.8 Å². The number of fused-ring (bicyclic) bond motifs is 1. The van der Waals surface area contributed by atoms with Gasteiger partial charge in [0.05, 0.1) is 12.6 Å². The van der Waals surface area contributed by atoms with Gasteiger partial charge >= 0.3 is 0 Å². The van der Waals surface area contributed by atoms with Crippen molar-refractivity contribution in [3.05, 3.63) is 95.7 Å². The molecule has 1 atom stereocenters. The summed E-state index contributed by atoms with van der Waals surface area (Å²) in [6, 6.07) is 24.4. The van der Waals surface area contributed by atoms with E-state index >= 15 is 0 Å². The molecule has 1 saturated heterocycles. The summed E-state index contributed by atoms with van der Waals surface area (Å²) in [6.07, 6.45) is 3.96. The van der Waals surface area contributed by atoms with Gasteiger partial charge in [0.25, 0.3) is 5.91 Å². The molecule has 1 fully saturated rings. The van der Waals surface area contributed by atoms with E-state index in [-0.39, 0.29) is 5.91 Å². The van der Waals surface area contributed by atoms with E-state index in [0.717, 1.165) is 59.5 Å². The summed E-state index contributed by atoms with van der Waals surface area (Å²) in [5.74, 6) is 1.41. The molecule has 4 heteroatoms. The molecule has 3 aromatic carbocycles. The fourth-order valence-corrected chi connectivity index (χ4v) is 4.87. The van der Waals surface area contributed by atoms with Crippen molar-refractivity contribution in [1.29, 1.82) is 0 Å². The third-order valence-electron chi connectivity index (χ3n) is 6.71. The minimum atomic E-state index is 0.127. The van der Waals surface area contributed by atoms with Gasteiger partial charge in [0.2, 0.25) is 0 Å². The van der Waals surface area contributed by atoms with Crippen molar-refractivity contribution in [2.45, 2.75) is 19.8 Å². The van der Waals surface area contributed by atoms with Crippen molar-refractivity contribution in [2.24, 2.45) is 5.92 Å². The highest BCUT2D eigenvalue weighted by molar-refractivity contribution is 5.97. The lowest BCUT2D eigenvalue weighted by Crippen LogP contribution is -2.29. The van der Waals surface area contributed by atoms with Crippen LogP contribution < -0.4 is 4.74 Å². The highest BCUT2D eigenvalue weighted by Crippen LogP contribution is 2.30. The Kier molecular flexibility index (Phi) is 5.82. The van der Waals surface area contributed by atoms with Crippen LogP contribution in [0.2, 0.25) is 0 Å². The number of para-hydroxylation sites is 1. The smallest absolute Gasteiger partial charge is 0.254 e. The largest absolute Gasteiger partial charge is 0.497 e. The Morgan fingerprint density at radius 3 is 2.70 bits per heavy atom. The van der Waals surface area contributed by atoms with Crippen molar-refractivity contribution in [3.63, 3.8) is 0 Å². The summed E-state index contributed by atoms with van der Waals surface area (Å²) < 4.78 is 5.27. The average Bonchev–Trinajstić information content (AvgIpc) is 3.32. The lowest BCUT2D eigenvalue weighted by atomic mass is 9.95. The van der Waals surface area contributed by atoms with Gasteiger partial charge in [0, 0.05) is 30.2 Å². The summed E-state index contributed by atoms with van der Waals surface area (Å²) in [6.45, 7) is 3.63. The van der Waals surface area contributed by atoms with Crippen molar-refractivity contribution >= 4 is 16.8 Å². The molecule has 0 radical (unpaired) electrons. The number of nitrogens with zero attached hydrogens (tertiary/aromatic N) is 2. The molecule has 5 rings (SSSR count). The number of carbonyl (C=O) groups excluding carboxylic acids is 1. The molecule has 1 aliphatic heterocycles. The van der Waals surface area contributed by atoms with Gasteiger partial charge in [-0.1, -0.05) is 42.5 Å². The Morgan fingerprint density at radius 1 is 1.06 bits per heavy atom. The Balaban J connectivity index is 1.30. The third kappa shape index (κ3) is 4.34. The number of rotatable bonds is 5. The van der Waals surface area contributed by atoms with Crippen LogP contribution in [0.4, 0.5) is 0 Å². The molecule has 0 aliphatic carbocycles. The topological polar surface area (TPSA) is 42.4 Å². The summed E-state index contributed by atoms with van der Waals surface area (Å²) in [7, 11) is 1.67. The minimum absolute atomic E-state index is 0.127. The Hall–Kier alpha value is -3.66. The zero-order valence-corrected chi connectivity index (χ0v) is 19.1. The van der Waals surface area contributed by atoms with E-state index < -0.39 is 0 Å². The van der Waals surface area contributed by atoms with Crippen LogP contribution in [0.15, 0.2) is 79.0 Å². The first-order valence-electron chi connectivity index (χ1n) is 11.5. The van der Waals surface area contributed by atoms with E-state index in [9.17, 15) is 4.79 Å². The molecule has 1 amide bonds. The molecule has 1 aromatic heterocycles. The van der Waals surface area contributed by atoms with Crippen LogP contribution in [-0.4, -0.2) is 36.0 Å². The monoisotopic (exact) mass is 436 g/mol. The second-order valence-corrected chi connectivity index (χ2v) is 8.85. The number of pyridine rings is 1. The fourth-order valence-electron chi connectivity index (χ4n) is 4.87. The number of hydrogen-bond acceptors (Lipinski definition) is 3. The SMILES string of the molecule is COc1ccc(-c2cccc(C(=O)N3CC[C@@H](Cc4cnc5ccccc5c4)C3)c2C)cc1. The van der Waals surface area contributed by atoms with E-state index in [0.29, 0.717) is 5.92 Å². The number of ether oxygens (including phenoxy) is 1. The highest BCUT2D eigenvalue weighted by atomic mass is 16.5. The Labute approximate surface area is 194 Å². The number of benzene rings is 3. The maximum absolute atomic E-state index is 13.4. The molecule has 0 bridgehead atoms. The molecule has 0 saturated carbocycles.